The summed E-state index contributed by atoms with van der Waals surface area (Å²) < 4.78 is 4.81. The number of fused-ring (bicyclic) bond motifs is 2. The van der Waals surface area contributed by atoms with Crippen LogP contribution < -0.4 is 5.11 Å². The van der Waals surface area contributed by atoms with Crippen LogP contribution in [0.4, 0.5) is 0 Å². The number of allylic oxidation sites excluding steroid dienone is 2. The molecule has 0 aliphatic heterocycles. The molecule has 84 valence electrons. The summed E-state index contributed by atoms with van der Waals surface area (Å²) in [7, 11) is 0. The van der Waals surface area contributed by atoms with Crippen molar-refractivity contribution in [3.05, 3.63) is 12.2 Å². The van der Waals surface area contributed by atoms with Crippen molar-refractivity contribution in [2.24, 2.45) is 23.7 Å². The number of aliphatic carboxylic acids is 1. The molecule has 2 rings (SSSR count). The molecule has 0 saturated heterocycles. The maximum Gasteiger partial charge on any atom is 0.311 e. The van der Waals surface area contributed by atoms with E-state index in [1.165, 1.54) is 0 Å². The van der Waals surface area contributed by atoms with Gasteiger partial charge in [0.25, 0.3) is 0 Å². The van der Waals surface area contributed by atoms with Gasteiger partial charge in [-0.25, -0.2) is 0 Å². The normalized spacial score (nSPS) is 34.7. The first-order valence-corrected chi connectivity index (χ1v) is 5.14. The number of hydrogen-bond acceptors (Lipinski definition) is 4. The van der Waals surface area contributed by atoms with Crippen LogP contribution in [0.25, 0.3) is 0 Å². The smallest absolute Gasteiger partial charge is 0.311 e. The van der Waals surface area contributed by atoms with Crippen LogP contribution in [0, 0.1) is 36.0 Å². The Morgan fingerprint density at radius 2 is 2.00 bits per heavy atom. The van der Waals surface area contributed by atoms with Gasteiger partial charge in [-0.15, -0.1) is 6.42 Å². The van der Waals surface area contributed by atoms with Crippen molar-refractivity contribution in [1.82, 2.24) is 0 Å². The molecule has 1 saturated carbocycles. The lowest BCUT2D eigenvalue weighted by atomic mass is 9.83. The minimum Gasteiger partial charge on any atom is -0.550 e. The summed E-state index contributed by atoms with van der Waals surface area (Å²) >= 11 is 0. The molecule has 4 heteroatoms. The maximum atomic E-state index is 11.7. The molecule has 0 radical (unpaired) electrons. The van der Waals surface area contributed by atoms with E-state index >= 15 is 0 Å². The Morgan fingerprint density at radius 3 is 2.56 bits per heavy atom. The van der Waals surface area contributed by atoms with E-state index in [1.807, 2.05) is 12.2 Å². The second kappa shape index (κ2) is 4.01. The van der Waals surface area contributed by atoms with Gasteiger partial charge in [0.2, 0.25) is 0 Å². The van der Waals surface area contributed by atoms with Crippen LogP contribution >= 0.6 is 0 Å². The lowest BCUT2D eigenvalue weighted by Crippen LogP contribution is -2.41. The zero-order valence-electron chi connectivity index (χ0n) is 8.59. The number of carboxylic acids is 1. The van der Waals surface area contributed by atoms with Gasteiger partial charge in [0.1, 0.15) is 0 Å². The molecule has 0 amide bonds. The van der Waals surface area contributed by atoms with Gasteiger partial charge in [-0.1, -0.05) is 18.1 Å². The molecule has 0 aromatic rings. The van der Waals surface area contributed by atoms with Gasteiger partial charge < -0.3 is 14.6 Å². The number of hydrogen-bond donors (Lipinski definition) is 0. The number of ether oxygens (including phenoxy) is 1. The molecular formula is C12H11O4-. The largest absolute Gasteiger partial charge is 0.550 e. The summed E-state index contributed by atoms with van der Waals surface area (Å²) in [5, 5.41) is 11.0. The number of carbonyl (C=O) groups is 2. The van der Waals surface area contributed by atoms with Crippen LogP contribution in [0.15, 0.2) is 12.2 Å². The van der Waals surface area contributed by atoms with E-state index < -0.39 is 23.8 Å². The second-order valence-electron chi connectivity index (χ2n) is 4.13. The van der Waals surface area contributed by atoms with Crippen LogP contribution in [0.2, 0.25) is 0 Å². The average Bonchev–Trinajstić information content (AvgIpc) is 2.84. The Hall–Kier alpha value is -1.76. The SMILES string of the molecule is C#CCOC(=O)[C@H]1[C@H](C(=O)[O-])[C@@H]2C=C[C@H]1C2. The van der Waals surface area contributed by atoms with Crippen molar-refractivity contribution in [1.29, 1.82) is 0 Å². The van der Waals surface area contributed by atoms with Crippen molar-refractivity contribution in [2.75, 3.05) is 6.61 Å². The number of terminal acetylenes is 1. The molecule has 0 N–H and O–H groups in total. The van der Waals surface area contributed by atoms with Crippen molar-refractivity contribution in [2.45, 2.75) is 6.42 Å². The molecule has 4 atom stereocenters. The highest BCUT2D eigenvalue weighted by Crippen LogP contribution is 2.48. The van der Waals surface area contributed by atoms with E-state index in [0.717, 1.165) is 0 Å². The van der Waals surface area contributed by atoms with E-state index in [2.05, 4.69) is 5.92 Å². The molecule has 4 nitrogen and oxygen atoms in total. The van der Waals surface area contributed by atoms with E-state index in [9.17, 15) is 14.7 Å². The van der Waals surface area contributed by atoms with Gasteiger partial charge >= 0.3 is 5.97 Å². The standard InChI is InChI=1S/C12H12O4/c1-2-5-16-12(15)10-8-4-3-7(6-8)9(10)11(13)14/h1,3-4,7-10H,5-6H2,(H,13,14)/p-1/t7-,8+,9-,10-/m1/s1. The van der Waals surface area contributed by atoms with Gasteiger partial charge in [-0.2, -0.15) is 0 Å². The maximum absolute atomic E-state index is 11.7. The molecule has 2 aliphatic rings. The number of rotatable bonds is 3. The van der Waals surface area contributed by atoms with Gasteiger partial charge in [0.15, 0.2) is 6.61 Å². The number of esters is 1. The summed E-state index contributed by atoms with van der Waals surface area (Å²) in [5.41, 5.74) is 0. The van der Waals surface area contributed by atoms with Gasteiger partial charge in [-0.3, -0.25) is 4.79 Å². The van der Waals surface area contributed by atoms with Crippen LogP contribution in [0.5, 0.6) is 0 Å². The Labute approximate surface area is 93.3 Å². The molecule has 0 aromatic heterocycles. The highest BCUT2D eigenvalue weighted by atomic mass is 16.5. The quantitative estimate of drug-likeness (QED) is 0.359. The fourth-order valence-corrected chi connectivity index (χ4v) is 2.67. The molecule has 0 aromatic carbocycles. The minimum atomic E-state index is -1.18. The monoisotopic (exact) mass is 219 g/mol. The lowest BCUT2D eigenvalue weighted by Gasteiger charge is -2.26. The first-order valence-electron chi connectivity index (χ1n) is 5.14. The second-order valence-corrected chi connectivity index (χ2v) is 4.13. The van der Waals surface area contributed by atoms with Gasteiger partial charge in [0.05, 0.1) is 5.92 Å². The third kappa shape index (κ3) is 1.58. The Balaban J connectivity index is 2.14. The van der Waals surface area contributed by atoms with E-state index in [0.29, 0.717) is 6.42 Å². The van der Waals surface area contributed by atoms with E-state index in [4.69, 9.17) is 11.2 Å². The summed E-state index contributed by atoms with van der Waals surface area (Å²) in [6.45, 7) is -0.115. The van der Waals surface area contributed by atoms with Crippen LogP contribution in [0.3, 0.4) is 0 Å². The molecule has 16 heavy (non-hydrogen) atoms. The van der Waals surface area contributed by atoms with Crippen molar-refractivity contribution >= 4 is 11.9 Å². The highest BCUT2D eigenvalue weighted by Gasteiger charge is 2.49. The summed E-state index contributed by atoms with van der Waals surface area (Å²) in [4.78, 5) is 22.7. The first kappa shape index (κ1) is 10.7. The topological polar surface area (TPSA) is 66.4 Å². The lowest BCUT2D eigenvalue weighted by molar-refractivity contribution is -0.314. The van der Waals surface area contributed by atoms with Gasteiger partial charge in [-0.05, 0) is 18.3 Å². The molecule has 1 fully saturated rings. The molecule has 2 aliphatic carbocycles. The summed E-state index contributed by atoms with van der Waals surface area (Å²) in [6, 6.07) is 0. The third-order valence-electron chi connectivity index (χ3n) is 3.30. The van der Waals surface area contributed by atoms with E-state index in [1.54, 1.807) is 0 Å². The molecule has 0 heterocycles. The van der Waals surface area contributed by atoms with Crippen molar-refractivity contribution in [3.8, 4) is 12.3 Å². The molecule has 0 unspecified atom stereocenters. The van der Waals surface area contributed by atoms with Crippen LogP contribution in [-0.4, -0.2) is 18.5 Å². The molecular weight excluding hydrogens is 208 g/mol. The van der Waals surface area contributed by atoms with Crippen molar-refractivity contribution in [3.63, 3.8) is 0 Å². The predicted molar refractivity (Wildman–Crippen MR) is 52.5 cm³/mol. The van der Waals surface area contributed by atoms with Crippen molar-refractivity contribution < 1.29 is 19.4 Å². The third-order valence-corrected chi connectivity index (χ3v) is 3.30. The fourth-order valence-electron chi connectivity index (χ4n) is 2.67. The van der Waals surface area contributed by atoms with Gasteiger partial charge in [0, 0.05) is 11.9 Å². The summed E-state index contributed by atoms with van der Waals surface area (Å²) in [6.07, 6.45) is 9.39. The number of carbonyl (C=O) groups excluding carboxylic acids is 2. The average molecular weight is 219 g/mol. The molecule has 2 bridgehead atoms. The zero-order chi connectivity index (χ0) is 11.7. The zero-order valence-corrected chi connectivity index (χ0v) is 8.59. The predicted octanol–water partition coefficient (Wildman–Crippen LogP) is -0.649. The number of carboxylic acid groups (broad SMARTS) is 1. The Morgan fingerprint density at radius 1 is 1.38 bits per heavy atom. The first-order chi connectivity index (χ1) is 7.65. The summed E-state index contributed by atoms with van der Waals surface area (Å²) in [5.74, 6) is -1.06. The van der Waals surface area contributed by atoms with E-state index in [-0.39, 0.29) is 18.4 Å². The molecule has 0 spiro atoms. The Bertz CT molecular complexity index is 390. The Kier molecular flexibility index (Phi) is 2.69. The van der Waals surface area contributed by atoms with Crippen LogP contribution in [0.1, 0.15) is 6.42 Å². The highest BCUT2D eigenvalue weighted by molar-refractivity contribution is 5.82. The minimum absolute atomic E-state index is 0.0434. The van der Waals surface area contributed by atoms with Crippen LogP contribution in [-0.2, 0) is 14.3 Å². The fraction of sp³-hybridized carbons (Fsp3) is 0.500.